The maximum Gasteiger partial charge on any atom is 0.258 e. The summed E-state index contributed by atoms with van der Waals surface area (Å²) in [5.41, 5.74) is 0.991. The smallest absolute Gasteiger partial charge is 0.258 e. The van der Waals surface area contributed by atoms with Crippen LogP contribution in [0.5, 0.6) is 0 Å². The van der Waals surface area contributed by atoms with Crippen molar-refractivity contribution in [3.8, 4) is 0 Å². The summed E-state index contributed by atoms with van der Waals surface area (Å²) in [6, 6.07) is 8.82. The van der Waals surface area contributed by atoms with E-state index in [1.54, 1.807) is 12.1 Å². The molecule has 24 heavy (non-hydrogen) atoms. The molecular weight excluding hydrogens is 317 g/mol. The van der Waals surface area contributed by atoms with Crippen LogP contribution in [0.25, 0.3) is 0 Å². The van der Waals surface area contributed by atoms with Crippen molar-refractivity contribution in [2.24, 2.45) is 0 Å². The van der Waals surface area contributed by atoms with Crippen LogP contribution in [0, 0.1) is 17.5 Å². The number of halogens is 3. The number of rotatable bonds is 3. The van der Waals surface area contributed by atoms with Gasteiger partial charge in [0.2, 0.25) is 0 Å². The summed E-state index contributed by atoms with van der Waals surface area (Å²) >= 11 is 0. The van der Waals surface area contributed by atoms with Gasteiger partial charge in [-0.2, -0.15) is 0 Å². The lowest BCUT2D eigenvalue weighted by atomic mass is 10.1. The van der Waals surface area contributed by atoms with Crippen LogP contribution in [0.3, 0.4) is 0 Å². The van der Waals surface area contributed by atoms with Crippen LogP contribution in [-0.2, 0) is 0 Å². The molecule has 0 aliphatic carbocycles. The normalized spacial score (nSPS) is 14.5. The van der Waals surface area contributed by atoms with Crippen LogP contribution in [0.1, 0.15) is 29.6 Å². The maximum atomic E-state index is 13.6. The van der Waals surface area contributed by atoms with E-state index >= 15 is 0 Å². The highest BCUT2D eigenvalue weighted by atomic mass is 19.2. The number of piperidine rings is 1. The number of benzene rings is 2. The monoisotopic (exact) mass is 334 g/mol. The van der Waals surface area contributed by atoms with E-state index in [2.05, 4.69) is 10.2 Å². The van der Waals surface area contributed by atoms with Crippen LogP contribution in [0.4, 0.5) is 24.5 Å². The minimum atomic E-state index is -1.65. The Kier molecular flexibility index (Phi) is 4.74. The van der Waals surface area contributed by atoms with Gasteiger partial charge in [-0.05, 0) is 55.7 Å². The highest BCUT2D eigenvalue weighted by Crippen LogP contribution is 2.22. The van der Waals surface area contributed by atoms with Gasteiger partial charge in [0.15, 0.2) is 17.5 Å². The molecule has 0 radical (unpaired) electrons. The molecule has 2 aromatic carbocycles. The predicted molar refractivity (Wildman–Crippen MR) is 86.8 cm³/mol. The molecule has 0 saturated carbocycles. The topological polar surface area (TPSA) is 32.3 Å². The molecule has 3 rings (SSSR count). The van der Waals surface area contributed by atoms with E-state index in [1.165, 1.54) is 6.42 Å². The Labute approximate surface area is 138 Å². The van der Waals surface area contributed by atoms with Crippen LogP contribution in [0.15, 0.2) is 36.4 Å². The van der Waals surface area contributed by atoms with Crippen molar-refractivity contribution in [1.29, 1.82) is 0 Å². The standard InChI is InChI=1S/C18H17F3N2O/c19-15-9-8-14(16(20)17(15)21)18(24)22-12-4-6-13(7-5-12)23-10-2-1-3-11-23/h4-9H,1-3,10-11H2,(H,22,24). The largest absolute Gasteiger partial charge is 0.372 e. The summed E-state index contributed by atoms with van der Waals surface area (Å²) in [7, 11) is 0. The molecule has 1 heterocycles. The van der Waals surface area contributed by atoms with Gasteiger partial charge in [0.05, 0.1) is 5.56 Å². The Morgan fingerprint density at radius 3 is 2.21 bits per heavy atom. The van der Waals surface area contributed by atoms with E-state index in [0.29, 0.717) is 5.69 Å². The van der Waals surface area contributed by atoms with E-state index in [9.17, 15) is 18.0 Å². The van der Waals surface area contributed by atoms with Gasteiger partial charge in [-0.3, -0.25) is 4.79 Å². The zero-order chi connectivity index (χ0) is 17.1. The second-order valence-corrected chi connectivity index (χ2v) is 5.77. The molecule has 1 saturated heterocycles. The molecule has 2 aromatic rings. The zero-order valence-corrected chi connectivity index (χ0v) is 13.0. The lowest BCUT2D eigenvalue weighted by Gasteiger charge is -2.28. The van der Waals surface area contributed by atoms with Gasteiger partial charge < -0.3 is 10.2 Å². The third kappa shape index (κ3) is 3.37. The summed E-state index contributed by atoms with van der Waals surface area (Å²) in [5, 5.41) is 2.49. The number of nitrogens with one attached hydrogen (secondary N) is 1. The molecular formula is C18H17F3N2O. The van der Waals surface area contributed by atoms with E-state index < -0.39 is 28.9 Å². The molecule has 1 aliphatic heterocycles. The average molecular weight is 334 g/mol. The Bertz CT molecular complexity index is 741. The minimum absolute atomic E-state index is 0.463. The molecule has 126 valence electrons. The van der Waals surface area contributed by atoms with Gasteiger partial charge in [-0.15, -0.1) is 0 Å². The van der Waals surface area contributed by atoms with Crippen molar-refractivity contribution in [2.45, 2.75) is 19.3 Å². The Morgan fingerprint density at radius 2 is 1.54 bits per heavy atom. The van der Waals surface area contributed by atoms with Gasteiger partial charge in [-0.25, -0.2) is 13.2 Å². The molecule has 0 bridgehead atoms. The second kappa shape index (κ2) is 6.95. The summed E-state index contributed by atoms with van der Waals surface area (Å²) in [4.78, 5) is 14.3. The van der Waals surface area contributed by atoms with Gasteiger partial charge in [0.25, 0.3) is 5.91 Å². The number of amides is 1. The average Bonchev–Trinajstić information content (AvgIpc) is 2.61. The van der Waals surface area contributed by atoms with E-state index in [0.717, 1.165) is 43.8 Å². The van der Waals surface area contributed by atoms with Crippen molar-refractivity contribution >= 4 is 17.3 Å². The van der Waals surface area contributed by atoms with Crippen LogP contribution in [-0.4, -0.2) is 19.0 Å². The fourth-order valence-electron chi connectivity index (χ4n) is 2.81. The quantitative estimate of drug-likeness (QED) is 0.847. The molecule has 0 atom stereocenters. The van der Waals surface area contributed by atoms with E-state index in [1.807, 2.05) is 12.1 Å². The van der Waals surface area contributed by atoms with Crippen molar-refractivity contribution in [3.63, 3.8) is 0 Å². The summed E-state index contributed by atoms with van der Waals surface area (Å²) < 4.78 is 39.8. The zero-order valence-electron chi connectivity index (χ0n) is 13.0. The molecule has 1 amide bonds. The van der Waals surface area contributed by atoms with Crippen molar-refractivity contribution in [1.82, 2.24) is 0 Å². The molecule has 3 nitrogen and oxygen atoms in total. The van der Waals surface area contributed by atoms with E-state index in [4.69, 9.17) is 0 Å². The minimum Gasteiger partial charge on any atom is -0.372 e. The van der Waals surface area contributed by atoms with Gasteiger partial charge in [0, 0.05) is 24.5 Å². The highest BCUT2D eigenvalue weighted by molar-refractivity contribution is 6.04. The van der Waals surface area contributed by atoms with E-state index in [-0.39, 0.29) is 0 Å². The van der Waals surface area contributed by atoms with Gasteiger partial charge in [0.1, 0.15) is 0 Å². The number of hydrogen-bond donors (Lipinski definition) is 1. The van der Waals surface area contributed by atoms with Crippen LogP contribution in [0.2, 0.25) is 0 Å². The summed E-state index contributed by atoms with van der Waals surface area (Å²) in [6.07, 6.45) is 3.56. The third-order valence-corrected chi connectivity index (χ3v) is 4.13. The third-order valence-electron chi connectivity index (χ3n) is 4.13. The summed E-state index contributed by atoms with van der Waals surface area (Å²) in [5.74, 6) is -5.28. The first-order valence-electron chi connectivity index (χ1n) is 7.86. The van der Waals surface area contributed by atoms with Crippen LogP contribution >= 0.6 is 0 Å². The predicted octanol–water partition coefficient (Wildman–Crippen LogP) is 4.35. The van der Waals surface area contributed by atoms with Crippen LogP contribution < -0.4 is 10.2 Å². The Balaban J connectivity index is 1.72. The van der Waals surface area contributed by atoms with Gasteiger partial charge >= 0.3 is 0 Å². The fraction of sp³-hybridized carbons (Fsp3) is 0.278. The van der Waals surface area contributed by atoms with Gasteiger partial charge in [-0.1, -0.05) is 0 Å². The van der Waals surface area contributed by atoms with Crippen molar-refractivity contribution < 1.29 is 18.0 Å². The first-order chi connectivity index (χ1) is 11.6. The molecule has 0 spiro atoms. The lowest BCUT2D eigenvalue weighted by molar-refractivity contribution is 0.102. The number of nitrogens with zero attached hydrogens (tertiary/aromatic N) is 1. The first kappa shape index (κ1) is 16.4. The van der Waals surface area contributed by atoms with Crippen molar-refractivity contribution in [3.05, 3.63) is 59.4 Å². The SMILES string of the molecule is O=C(Nc1ccc(N2CCCCC2)cc1)c1ccc(F)c(F)c1F. The first-order valence-corrected chi connectivity index (χ1v) is 7.86. The number of hydrogen-bond acceptors (Lipinski definition) is 2. The lowest BCUT2D eigenvalue weighted by Crippen LogP contribution is -2.29. The Hall–Kier alpha value is -2.50. The maximum absolute atomic E-state index is 13.6. The molecule has 6 heteroatoms. The highest BCUT2D eigenvalue weighted by Gasteiger charge is 2.19. The molecule has 1 N–H and O–H groups in total. The van der Waals surface area contributed by atoms with Crippen molar-refractivity contribution in [2.75, 3.05) is 23.3 Å². The number of carbonyl (C=O) groups is 1. The molecule has 0 unspecified atom stereocenters. The summed E-state index contributed by atoms with van der Waals surface area (Å²) in [6.45, 7) is 2.01. The fourth-order valence-corrected chi connectivity index (χ4v) is 2.81. The molecule has 1 aliphatic rings. The molecule has 1 fully saturated rings. The molecule has 0 aromatic heterocycles. The second-order valence-electron chi connectivity index (χ2n) is 5.77. The Morgan fingerprint density at radius 1 is 0.875 bits per heavy atom. The number of carbonyl (C=O) groups excluding carboxylic acids is 1. The number of anilines is 2.